The minimum absolute atomic E-state index is 0.0569. The largest absolute Gasteiger partial charge is 0.488 e. The zero-order valence-corrected chi connectivity index (χ0v) is 13.2. The Morgan fingerprint density at radius 2 is 2.04 bits per heavy atom. The molecule has 0 bridgehead atoms. The summed E-state index contributed by atoms with van der Waals surface area (Å²) in [7, 11) is 0. The van der Waals surface area contributed by atoms with Crippen LogP contribution in [0.4, 0.5) is 4.39 Å². The third-order valence-corrected chi connectivity index (χ3v) is 3.87. The first-order valence-corrected chi connectivity index (χ1v) is 7.94. The van der Waals surface area contributed by atoms with Crippen molar-refractivity contribution in [2.24, 2.45) is 0 Å². The van der Waals surface area contributed by atoms with Crippen molar-refractivity contribution in [2.45, 2.75) is 18.9 Å². The summed E-state index contributed by atoms with van der Waals surface area (Å²) in [5.41, 5.74) is 0. The lowest BCUT2D eigenvalue weighted by molar-refractivity contribution is -0.136. The maximum absolute atomic E-state index is 13.5. The summed E-state index contributed by atoms with van der Waals surface area (Å²) in [6.07, 6.45) is 5.03. The number of para-hydroxylation sites is 1. The van der Waals surface area contributed by atoms with Crippen molar-refractivity contribution >= 4 is 5.91 Å². The lowest BCUT2D eigenvalue weighted by Crippen LogP contribution is -2.46. The number of carbonyl (C=O) groups excluding carboxylic acids is 1. The van der Waals surface area contributed by atoms with Crippen LogP contribution >= 0.6 is 0 Å². The fraction of sp³-hybridized carbons (Fsp3) is 0.333. The van der Waals surface area contributed by atoms with Crippen molar-refractivity contribution in [3.8, 4) is 11.5 Å². The van der Waals surface area contributed by atoms with E-state index in [9.17, 15) is 9.18 Å². The van der Waals surface area contributed by atoms with Crippen LogP contribution in [-0.4, -0.2) is 41.6 Å². The Hall–Kier alpha value is -2.63. The van der Waals surface area contributed by atoms with Crippen LogP contribution in [0.15, 0.2) is 48.8 Å². The quantitative estimate of drug-likeness (QED) is 0.846. The number of halogens is 1. The van der Waals surface area contributed by atoms with Crippen LogP contribution in [0.3, 0.4) is 0 Å². The highest BCUT2D eigenvalue weighted by molar-refractivity contribution is 5.77. The second-order valence-electron chi connectivity index (χ2n) is 5.62. The molecule has 0 aliphatic carbocycles. The monoisotopic (exact) mass is 330 g/mol. The first-order chi connectivity index (χ1) is 11.7. The van der Waals surface area contributed by atoms with E-state index in [2.05, 4.69) is 4.98 Å². The number of likely N-dealkylation sites (tertiary alicyclic amines) is 1. The maximum Gasteiger partial charge on any atom is 0.260 e. The Morgan fingerprint density at radius 3 is 2.83 bits per heavy atom. The first-order valence-electron chi connectivity index (χ1n) is 7.94. The van der Waals surface area contributed by atoms with Gasteiger partial charge in [0.05, 0.1) is 6.54 Å². The minimum Gasteiger partial charge on any atom is -0.488 e. The van der Waals surface area contributed by atoms with Gasteiger partial charge >= 0.3 is 0 Å². The van der Waals surface area contributed by atoms with Gasteiger partial charge < -0.3 is 14.4 Å². The van der Waals surface area contributed by atoms with Gasteiger partial charge in [0.2, 0.25) is 0 Å². The summed E-state index contributed by atoms with van der Waals surface area (Å²) in [5, 5.41) is 0. The van der Waals surface area contributed by atoms with E-state index in [0.717, 1.165) is 18.6 Å². The molecule has 2 aromatic rings. The predicted molar refractivity (Wildman–Crippen MR) is 86.4 cm³/mol. The molecular formula is C18H19FN2O3. The molecule has 6 heteroatoms. The predicted octanol–water partition coefficient (Wildman–Crippen LogP) is 2.67. The number of benzene rings is 1. The highest BCUT2D eigenvalue weighted by atomic mass is 19.1. The van der Waals surface area contributed by atoms with Crippen LogP contribution in [0, 0.1) is 5.82 Å². The number of pyridine rings is 1. The zero-order chi connectivity index (χ0) is 16.8. The van der Waals surface area contributed by atoms with Crippen molar-refractivity contribution < 1.29 is 18.7 Å². The first kappa shape index (κ1) is 16.2. The fourth-order valence-electron chi connectivity index (χ4n) is 2.66. The molecule has 126 valence electrons. The average molecular weight is 330 g/mol. The molecule has 3 rings (SSSR count). The van der Waals surface area contributed by atoms with Crippen LogP contribution < -0.4 is 9.47 Å². The lowest BCUT2D eigenvalue weighted by Gasteiger charge is -2.32. The molecule has 1 aromatic heterocycles. The van der Waals surface area contributed by atoms with E-state index in [1.165, 1.54) is 12.1 Å². The topological polar surface area (TPSA) is 51.7 Å². The summed E-state index contributed by atoms with van der Waals surface area (Å²) < 4.78 is 24.7. The van der Waals surface area contributed by atoms with Crippen LogP contribution in [0.25, 0.3) is 0 Å². The van der Waals surface area contributed by atoms with Gasteiger partial charge in [-0.25, -0.2) is 4.39 Å². The Kier molecular flexibility index (Phi) is 5.25. The van der Waals surface area contributed by atoms with Gasteiger partial charge in [-0.1, -0.05) is 12.1 Å². The highest BCUT2D eigenvalue weighted by Gasteiger charge is 2.25. The summed E-state index contributed by atoms with van der Waals surface area (Å²) in [5.74, 6) is 0.198. The number of nitrogens with zero attached hydrogens (tertiary/aromatic N) is 2. The van der Waals surface area contributed by atoms with Crippen LogP contribution in [0.5, 0.6) is 11.5 Å². The molecule has 1 amide bonds. The molecule has 1 saturated heterocycles. The number of carbonyl (C=O) groups is 1. The van der Waals surface area contributed by atoms with Gasteiger partial charge in [0.1, 0.15) is 11.9 Å². The van der Waals surface area contributed by atoms with Crippen molar-refractivity contribution in [1.82, 2.24) is 9.88 Å². The Balaban J connectivity index is 1.52. The van der Waals surface area contributed by atoms with Crippen LogP contribution in [0.1, 0.15) is 12.8 Å². The van der Waals surface area contributed by atoms with Crippen molar-refractivity contribution in [3.05, 3.63) is 54.6 Å². The smallest absolute Gasteiger partial charge is 0.260 e. The molecule has 0 saturated carbocycles. The second-order valence-corrected chi connectivity index (χ2v) is 5.62. The lowest BCUT2D eigenvalue weighted by atomic mass is 10.1. The fourth-order valence-corrected chi connectivity index (χ4v) is 2.66. The van der Waals surface area contributed by atoms with E-state index in [1.54, 1.807) is 41.6 Å². The van der Waals surface area contributed by atoms with E-state index >= 15 is 0 Å². The molecule has 1 fully saturated rings. The minimum atomic E-state index is -0.470. The van der Waals surface area contributed by atoms with Gasteiger partial charge in [-0.2, -0.15) is 0 Å². The van der Waals surface area contributed by atoms with Crippen molar-refractivity contribution in [1.29, 1.82) is 0 Å². The molecule has 1 aliphatic rings. The number of hydrogen-bond donors (Lipinski definition) is 0. The number of ether oxygens (including phenoxy) is 2. The van der Waals surface area contributed by atoms with Crippen molar-refractivity contribution in [3.63, 3.8) is 0 Å². The van der Waals surface area contributed by atoms with Gasteiger partial charge in [0, 0.05) is 18.9 Å². The van der Waals surface area contributed by atoms with E-state index in [-0.39, 0.29) is 24.4 Å². The van der Waals surface area contributed by atoms with E-state index < -0.39 is 5.82 Å². The van der Waals surface area contributed by atoms with E-state index in [0.29, 0.717) is 13.1 Å². The SMILES string of the molecule is O=C(COc1ccccc1F)N1CCC[C@H](Oc2ccncc2)C1. The maximum atomic E-state index is 13.5. The van der Waals surface area contributed by atoms with Crippen molar-refractivity contribution in [2.75, 3.05) is 19.7 Å². The number of piperidine rings is 1. The normalized spacial score (nSPS) is 17.4. The molecule has 0 spiro atoms. The molecule has 5 nitrogen and oxygen atoms in total. The second kappa shape index (κ2) is 7.77. The summed E-state index contributed by atoms with van der Waals surface area (Å²) in [6.45, 7) is 0.986. The molecule has 1 atom stereocenters. The molecule has 1 aliphatic heterocycles. The number of hydrogen-bond acceptors (Lipinski definition) is 4. The van der Waals surface area contributed by atoms with Gasteiger partial charge in [-0.15, -0.1) is 0 Å². The van der Waals surface area contributed by atoms with Gasteiger partial charge in [-0.3, -0.25) is 9.78 Å². The van der Waals surface area contributed by atoms with Gasteiger partial charge in [0.25, 0.3) is 5.91 Å². The Morgan fingerprint density at radius 1 is 1.25 bits per heavy atom. The average Bonchev–Trinajstić information content (AvgIpc) is 2.62. The summed E-state index contributed by atoms with van der Waals surface area (Å²) in [6, 6.07) is 9.65. The Bertz CT molecular complexity index is 681. The molecule has 0 N–H and O–H groups in total. The molecule has 0 unspecified atom stereocenters. The standard InChI is InChI=1S/C18H19FN2O3/c19-16-5-1-2-6-17(16)23-13-18(22)21-11-3-4-15(12-21)24-14-7-9-20-10-8-14/h1-2,5-10,15H,3-4,11-13H2/t15-/m0/s1. The van der Waals surface area contributed by atoms with E-state index in [1.807, 2.05) is 0 Å². The van der Waals surface area contributed by atoms with Gasteiger partial charge in [0.15, 0.2) is 18.2 Å². The molecule has 0 radical (unpaired) electrons. The van der Waals surface area contributed by atoms with E-state index in [4.69, 9.17) is 9.47 Å². The summed E-state index contributed by atoms with van der Waals surface area (Å²) >= 11 is 0. The third-order valence-electron chi connectivity index (χ3n) is 3.87. The van der Waals surface area contributed by atoms with Crippen LogP contribution in [0.2, 0.25) is 0 Å². The zero-order valence-electron chi connectivity index (χ0n) is 13.2. The molecule has 24 heavy (non-hydrogen) atoms. The van der Waals surface area contributed by atoms with Crippen LogP contribution in [-0.2, 0) is 4.79 Å². The number of aromatic nitrogens is 1. The molecule has 1 aromatic carbocycles. The summed E-state index contributed by atoms with van der Waals surface area (Å²) in [4.78, 5) is 17.9. The third kappa shape index (κ3) is 4.22. The highest BCUT2D eigenvalue weighted by Crippen LogP contribution is 2.19. The Labute approximate surface area is 140 Å². The number of rotatable bonds is 5. The van der Waals surface area contributed by atoms with Gasteiger partial charge in [-0.05, 0) is 37.1 Å². The molecular weight excluding hydrogens is 311 g/mol. The number of amides is 1. The molecule has 2 heterocycles.